The topological polar surface area (TPSA) is 50.4 Å². The van der Waals surface area contributed by atoms with E-state index in [9.17, 15) is 4.79 Å². The highest BCUT2D eigenvalue weighted by molar-refractivity contribution is 5.81. The number of ether oxygens (including phenoxy) is 1. The molecule has 2 atom stereocenters. The quantitative estimate of drug-likeness (QED) is 0.897. The number of rotatable bonds is 3. The summed E-state index contributed by atoms with van der Waals surface area (Å²) < 4.78 is 5.54. The van der Waals surface area contributed by atoms with Gasteiger partial charge in [0, 0.05) is 13.1 Å². The van der Waals surface area contributed by atoms with E-state index >= 15 is 0 Å². The van der Waals surface area contributed by atoms with Gasteiger partial charge in [0.1, 0.15) is 6.10 Å². The monoisotopic (exact) mass is 290 g/mol. The van der Waals surface area contributed by atoms with Crippen LogP contribution in [-0.4, -0.2) is 31.7 Å². The van der Waals surface area contributed by atoms with Crippen LogP contribution in [0.15, 0.2) is 24.3 Å². The Hall–Kier alpha value is -1.39. The Morgan fingerprint density at radius 2 is 2.10 bits per heavy atom. The van der Waals surface area contributed by atoms with Gasteiger partial charge < -0.3 is 15.4 Å². The standard InChI is InChI=1S/C17H26N2O2/c1-12-7-5-6-8-13(12)15(17(2,3)4)19-16(20)14-11-18-9-10-21-14/h5-8,14-15,18H,9-11H2,1-4H3,(H,19,20). The Labute approximate surface area is 127 Å². The second-order valence-electron chi connectivity index (χ2n) is 6.73. The zero-order valence-corrected chi connectivity index (χ0v) is 13.4. The molecule has 1 aliphatic heterocycles. The fourth-order valence-electron chi connectivity index (χ4n) is 2.64. The zero-order chi connectivity index (χ0) is 15.5. The molecule has 0 saturated carbocycles. The van der Waals surface area contributed by atoms with E-state index in [1.165, 1.54) is 11.1 Å². The van der Waals surface area contributed by atoms with Crippen LogP contribution in [0.4, 0.5) is 0 Å². The van der Waals surface area contributed by atoms with Crippen molar-refractivity contribution in [3.05, 3.63) is 35.4 Å². The molecule has 1 aliphatic rings. The molecule has 0 bridgehead atoms. The van der Waals surface area contributed by atoms with Crippen LogP contribution < -0.4 is 10.6 Å². The molecule has 1 aromatic carbocycles. The molecule has 1 heterocycles. The molecule has 4 heteroatoms. The number of hydrogen-bond donors (Lipinski definition) is 2. The number of morpholine rings is 1. The molecule has 2 unspecified atom stereocenters. The number of carbonyl (C=O) groups excluding carboxylic acids is 1. The lowest BCUT2D eigenvalue weighted by Gasteiger charge is -2.34. The normalized spacial score (nSPS) is 20.9. The Morgan fingerprint density at radius 3 is 2.67 bits per heavy atom. The SMILES string of the molecule is Cc1ccccc1C(NC(=O)C1CNCCO1)C(C)(C)C. The minimum absolute atomic E-state index is 0.0308. The van der Waals surface area contributed by atoms with Crippen LogP contribution in [0, 0.1) is 12.3 Å². The van der Waals surface area contributed by atoms with Gasteiger partial charge in [-0.05, 0) is 23.5 Å². The van der Waals surface area contributed by atoms with Crippen LogP contribution in [0.3, 0.4) is 0 Å². The highest BCUT2D eigenvalue weighted by Crippen LogP contribution is 2.34. The summed E-state index contributed by atoms with van der Waals surface area (Å²) in [6.45, 7) is 10.5. The maximum atomic E-state index is 12.5. The van der Waals surface area contributed by atoms with Crippen LogP contribution in [-0.2, 0) is 9.53 Å². The number of amides is 1. The van der Waals surface area contributed by atoms with Gasteiger partial charge in [0.25, 0.3) is 5.91 Å². The average Bonchev–Trinajstić information content (AvgIpc) is 2.45. The second-order valence-corrected chi connectivity index (χ2v) is 6.73. The number of aryl methyl sites for hydroxylation is 1. The molecular weight excluding hydrogens is 264 g/mol. The van der Waals surface area contributed by atoms with Crippen molar-refractivity contribution in [1.29, 1.82) is 0 Å². The minimum Gasteiger partial charge on any atom is -0.366 e. The van der Waals surface area contributed by atoms with Gasteiger partial charge >= 0.3 is 0 Å². The van der Waals surface area contributed by atoms with E-state index in [4.69, 9.17) is 4.74 Å². The van der Waals surface area contributed by atoms with Crippen LogP contribution >= 0.6 is 0 Å². The van der Waals surface area contributed by atoms with Gasteiger partial charge in [0.05, 0.1) is 12.6 Å². The van der Waals surface area contributed by atoms with Crippen LogP contribution in [0.25, 0.3) is 0 Å². The molecule has 116 valence electrons. The number of nitrogens with one attached hydrogen (secondary N) is 2. The van der Waals surface area contributed by atoms with Crippen molar-refractivity contribution in [1.82, 2.24) is 10.6 Å². The van der Waals surface area contributed by atoms with Crippen molar-refractivity contribution in [3.8, 4) is 0 Å². The van der Waals surface area contributed by atoms with Gasteiger partial charge in [-0.1, -0.05) is 45.0 Å². The van der Waals surface area contributed by atoms with Crippen molar-refractivity contribution >= 4 is 5.91 Å². The largest absolute Gasteiger partial charge is 0.366 e. The predicted molar refractivity (Wildman–Crippen MR) is 84.1 cm³/mol. The lowest BCUT2D eigenvalue weighted by molar-refractivity contribution is -0.135. The van der Waals surface area contributed by atoms with Crippen molar-refractivity contribution in [2.45, 2.75) is 39.8 Å². The highest BCUT2D eigenvalue weighted by atomic mass is 16.5. The van der Waals surface area contributed by atoms with Gasteiger partial charge in [-0.15, -0.1) is 0 Å². The molecule has 0 aromatic heterocycles. The molecule has 4 nitrogen and oxygen atoms in total. The Balaban J connectivity index is 2.18. The molecule has 2 N–H and O–H groups in total. The summed E-state index contributed by atoms with van der Waals surface area (Å²) >= 11 is 0. The third kappa shape index (κ3) is 4.05. The maximum Gasteiger partial charge on any atom is 0.250 e. The summed E-state index contributed by atoms with van der Waals surface area (Å²) in [5, 5.41) is 6.37. The van der Waals surface area contributed by atoms with Crippen molar-refractivity contribution < 1.29 is 9.53 Å². The molecule has 21 heavy (non-hydrogen) atoms. The predicted octanol–water partition coefficient (Wildman–Crippen LogP) is 2.19. The molecule has 0 aliphatic carbocycles. The summed E-state index contributed by atoms with van der Waals surface area (Å²) in [5.74, 6) is -0.0367. The summed E-state index contributed by atoms with van der Waals surface area (Å²) in [7, 11) is 0. The molecule has 1 fully saturated rings. The first-order valence-electron chi connectivity index (χ1n) is 7.58. The number of carbonyl (C=O) groups is 1. The minimum atomic E-state index is -0.396. The van der Waals surface area contributed by atoms with E-state index in [1.54, 1.807) is 0 Å². The van der Waals surface area contributed by atoms with Gasteiger partial charge in [-0.25, -0.2) is 0 Å². The van der Waals surface area contributed by atoms with Gasteiger partial charge in [0.2, 0.25) is 0 Å². The lowest BCUT2D eigenvalue weighted by atomic mass is 9.80. The van der Waals surface area contributed by atoms with Crippen LogP contribution in [0.2, 0.25) is 0 Å². The van der Waals surface area contributed by atoms with Crippen molar-refractivity contribution in [2.75, 3.05) is 19.7 Å². The van der Waals surface area contributed by atoms with E-state index in [0.29, 0.717) is 13.2 Å². The molecular formula is C17H26N2O2. The van der Waals surface area contributed by atoms with E-state index in [0.717, 1.165) is 6.54 Å². The van der Waals surface area contributed by atoms with E-state index in [2.05, 4.69) is 50.5 Å². The molecule has 2 rings (SSSR count). The summed E-state index contributed by atoms with van der Waals surface area (Å²) in [6, 6.07) is 8.18. The third-order valence-corrected chi connectivity index (χ3v) is 3.87. The van der Waals surface area contributed by atoms with E-state index in [1.807, 2.05) is 12.1 Å². The first-order valence-corrected chi connectivity index (χ1v) is 7.58. The van der Waals surface area contributed by atoms with Crippen molar-refractivity contribution in [2.24, 2.45) is 5.41 Å². The van der Waals surface area contributed by atoms with Gasteiger partial charge in [-0.3, -0.25) is 4.79 Å². The van der Waals surface area contributed by atoms with Gasteiger partial charge in [-0.2, -0.15) is 0 Å². The fraction of sp³-hybridized carbons (Fsp3) is 0.588. The zero-order valence-electron chi connectivity index (χ0n) is 13.4. The molecule has 0 spiro atoms. The van der Waals surface area contributed by atoms with Crippen molar-refractivity contribution in [3.63, 3.8) is 0 Å². The average molecular weight is 290 g/mol. The molecule has 1 saturated heterocycles. The van der Waals surface area contributed by atoms with E-state index in [-0.39, 0.29) is 17.4 Å². The number of benzene rings is 1. The molecule has 1 aromatic rings. The molecule has 1 amide bonds. The maximum absolute atomic E-state index is 12.5. The Bertz CT molecular complexity index is 488. The Kier molecular flexibility index (Phi) is 5.01. The second kappa shape index (κ2) is 6.58. The smallest absolute Gasteiger partial charge is 0.250 e. The Morgan fingerprint density at radius 1 is 1.38 bits per heavy atom. The summed E-state index contributed by atoms with van der Waals surface area (Å²) in [6.07, 6.45) is -0.396. The van der Waals surface area contributed by atoms with Crippen LogP contribution in [0.5, 0.6) is 0 Å². The highest BCUT2D eigenvalue weighted by Gasteiger charge is 2.31. The lowest BCUT2D eigenvalue weighted by Crippen LogP contribution is -2.50. The van der Waals surface area contributed by atoms with Gasteiger partial charge in [0.15, 0.2) is 0 Å². The number of hydrogen-bond acceptors (Lipinski definition) is 3. The fourth-order valence-corrected chi connectivity index (χ4v) is 2.64. The summed E-state index contributed by atoms with van der Waals surface area (Å²) in [5.41, 5.74) is 2.30. The third-order valence-electron chi connectivity index (χ3n) is 3.87. The summed E-state index contributed by atoms with van der Waals surface area (Å²) in [4.78, 5) is 12.5. The van der Waals surface area contributed by atoms with E-state index < -0.39 is 6.10 Å². The molecule has 0 radical (unpaired) electrons. The van der Waals surface area contributed by atoms with Crippen LogP contribution in [0.1, 0.15) is 37.9 Å². The first kappa shape index (κ1) is 16.0. The first-order chi connectivity index (χ1) is 9.89.